The Labute approximate surface area is 217 Å². The third-order valence-corrected chi connectivity index (χ3v) is 9.61. The lowest BCUT2D eigenvalue weighted by molar-refractivity contribution is -0.135. The van der Waals surface area contributed by atoms with E-state index in [2.05, 4.69) is 16.8 Å². The predicted octanol–water partition coefficient (Wildman–Crippen LogP) is 1.68. The summed E-state index contributed by atoms with van der Waals surface area (Å²) in [7, 11) is 3.43. The van der Waals surface area contributed by atoms with E-state index in [1.165, 1.54) is 30.9 Å². The molecule has 1 aromatic rings. The first kappa shape index (κ1) is 28.8. The van der Waals surface area contributed by atoms with Gasteiger partial charge in [-0.2, -0.15) is 4.31 Å². The van der Waals surface area contributed by atoms with Crippen LogP contribution in [0.25, 0.3) is 0 Å². The van der Waals surface area contributed by atoms with Gasteiger partial charge in [0.1, 0.15) is 12.4 Å². The van der Waals surface area contributed by atoms with Crippen LogP contribution in [0, 0.1) is 25.7 Å². The van der Waals surface area contributed by atoms with E-state index in [-0.39, 0.29) is 30.6 Å². The van der Waals surface area contributed by atoms with Crippen LogP contribution in [0.5, 0.6) is 5.75 Å². The molecule has 1 aromatic carbocycles. The molecule has 0 bridgehead atoms. The van der Waals surface area contributed by atoms with Gasteiger partial charge in [-0.3, -0.25) is 4.79 Å². The molecular weight excluding hydrogens is 480 g/mol. The first-order valence-electron chi connectivity index (χ1n) is 12.9. The highest BCUT2D eigenvalue weighted by molar-refractivity contribution is 7.89. The van der Waals surface area contributed by atoms with Gasteiger partial charge in [0.05, 0.1) is 18.6 Å². The summed E-state index contributed by atoms with van der Waals surface area (Å²) in [5, 5.41) is 0. The number of hydrogen-bond donors (Lipinski definition) is 0. The molecular formula is C26H44N4O5S. The molecule has 0 saturated carbocycles. The maximum absolute atomic E-state index is 13.1. The highest BCUT2D eigenvalue weighted by atomic mass is 32.2. The number of carbonyl (C=O) groups is 1. The highest BCUT2D eigenvalue weighted by Crippen LogP contribution is 2.27. The lowest BCUT2D eigenvalue weighted by Gasteiger charge is -2.23. The van der Waals surface area contributed by atoms with Crippen LogP contribution >= 0.6 is 0 Å². The van der Waals surface area contributed by atoms with E-state index < -0.39 is 10.0 Å². The molecule has 2 heterocycles. The summed E-state index contributed by atoms with van der Waals surface area (Å²) >= 11 is 0. The van der Waals surface area contributed by atoms with Gasteiger partial charge < -0.3 is 24.2 Å². The summed E-state index contributed by atoms with van der Waals surface area (Å²) in [6.07, 6.45) is 2.40. The minimum Gasteiger partial charge on any atom is -0.497 e. The van der Waals surface area contributed by atoms with E-state index in [1.54, 1.807) is 38.0 Å². The van der Waals surface area contributed by atoms with Gasteiger partial charge in [0.2, 0.25) is 15.9 Å². The predicted molar refractivity (Wildman–Crippen MR) is 141 cm³/mol. The molecule has 9 nitrogen and oxygen atoms in total. The summed E-state index contributed by atoms with van der Waals surface area (Å²) in [5.41, 5.74) is 1.27. The van der Waals surface area contributed by atoms with E-state index >= 15 is 0 Å². The lowest BCUT2D eigenvalue weighted by atomic mass is 10.1. The minimum absolute atomic E-state index is 0.0458. The zero-order chi connectivity index (χ0) is 26.5. The van der Waals surface area contributed by atoms with Crippen LogP contribution in [0.1, 0.15) is 24.0 Å². The number of aryl methyl sites for hydroxylation is 2. The second kappa shape index (κ2) is 12.7. The number of methoxy groups -OCH3 is 1. The summed E-state index contributed by atoms with van der Waals surface area (Å²) < 4.78 is 38.3. The number of benzene rings is 1. The molecule has 0 spiro atoms. The van der Waals surface area contributed by atoms with E-state index in [4.69, 9.17) is 9.47 Å². The molecule has 10 heteroatoms. The number of carbonyl (C=O) groups excluding carboxylic acids is 1. The van der Waals surface area contributed by atoms with Gasteiger partial charge in [-0.25, -0.2) is 8.42 Å². The topological polar surface area (TPSA) is 82.6 Å². The maximum atomic E-state index is 13.1. The fraction of sp³-hybridized carbons (Fsp3) is 0.731. The van der Waals surface area contributed by atoms with Crippen LogP contribution in [-0.2, 0) is 19.6 Å². The molecule has 0 aliphatic carbocycles. The van der Waals surface area contributed by atoms with Gasteiger partial charge in [-0.1, -0.05) is 0 Å². The van der Waals surface area contributed by atoms with Crippen molar-refractivity contribution < 1.29 is 22.7 Å². The largest absolute Gasteiger partial charge is 0.497 e. The van der Waals surface area contributed by atoms with Gasteiger partial charge in [-0.15, -0.1) is 0 Å². The van der Waals surface area contributed by atoms with Crippen molar-refractivity contribution in [3.63, 3.8) is 0 Å². The van der Waals surface area contributed by atoms with Crippen molar-refractivity contribution >= 4 is 15.9 Å². The van der Waals surface area contributed by atoms with Gasteiger partial charge in [-0.05, 0) is 81.9 Å². The zero-order valence-electron chi connectivity index (χ0n) is 22.8. The number of ether oxygens (including phenoxy) is 2. The Morgan fingerprint density at radius 2 is 1.75 bits per heavy atom. The molecule has 36 heavy (non-hydrogen) atoms. The second-order valence-corrected chi connectivity index (χ2v) is 12.6. The van der Waals surface area contributed by atoms with Crippen molar-refractivity contribution in [2.75, 3.05) is 87.3 Å². The van der Waals surface area contributed by atoms with Crippen LogP contribution in [0.4, 0.5) is 0 Å². The van der Waals surface area contributed by atoms with Gasteiger partial charge in [0.15, 0.2) is 0 Å². The fourth-order valence-electron chi connectivity index (χ4n) is 5.43. The monoisotopic (exact) mass is 524 g/mol. The molecule has 2 aliphatic rings. The van der Waals surface area contributed by atoms with E-state index in [9.17, 15) is 13.2 Å². The molecule has 2 saturated heterocycles. The Morgan fingerprint density at radius 3 is 2.36 bits per heavy atom. The molecule has 1 amide bonds. The van der Waals surface area contributed by atoms with Crippen molar-refractivity contribution in [1.29, 1.82) is 0 Å². The molecule has 0 N–H and O–H groups in total. The average molecular weight is 525 g/mol. The molecule has 3 rings (SSSR count). The summed E-state index contributed by atoms with van der Waals surface area (Å²) in [5.74, 6) is 1.81. The van der Waals surface area contributed by atoms with Gasteiger partial charge >= 0.3 is 0 Å². The average Bonchev–Trinajstić information content (AvgIpc) is 3.43. The molecule has 204 valence electrons. The number of hydrogen-bond acceptors (Lipinski definition) is 7. The SMILES string of the molecule is COc1cc(C)c(S(=O)(=O)N(C)CCOCC(=O)N(C)C[C@@H]2CCN(CC3CCN(C)C3)C2)c(C)c1. The maximum Gasteiger partial charge on any atom is 0.248 e. The third-order valence-electron chi connectivity index (χ3n) is 7.45. The van der Waals surface area contributed by atoms with Crippen molar-refractivity contribution in [3.05, 3.63) is 23.3 Å². The summed E-state index contributed by atoms with van der Waals surface area (Å²) in [6.45, 7) is 10.2. The molecule has 1 unspecified atom stereocenters. The van der Waals surface area contributed by atoms with Gasteiger partial charge in [0, 0.05) is 46.8 Å². The van der Waals surface area contributed by atoms with Gasteiger partial charge in [0.25, 0.3) is 0 Å². The Balaban J connectivity index is 1.38. The number of amides is 1. The Morgan fingerprint density at radius 1 is 1.08 bits per heavy atom. The number of rotatable bonds is 12. The van der Waals surface area contributed by atoms with Crippen LogP contribution in [0.3, 0.4) is 0 Å². The number of sulfonamides is 1. The zero-order valence-corrected chi connectivity index (χ0v) is 23.6. The summed E-state index contributed by atoms with van der Waals surface area (Å²) in [6, 6.07) is 3.44. The standard InChI is InChI=1S/C26H44N4O5S/c1-20-13-24(34-6)14-21(2)26(20)36(32,33)29(5)11-12-35-19-25(31)28(4)16-23-8-10-30(18-23)17-22-7-9-27(3)15-22/h13-14,22-23H,7-12,15-19H2,1-6H3/t22?,23-/m0/s1. The van der Waals surface area contributed by atoms with Crippen LogP contribution in [-0.4, -0.2) is 121 Å². The van der Waals surface area contributed by atoms with Crippen LogP contribution in [0.15, 0.2) is 17.0 Å². The number of likely N-dealkylation sites (tertiary alicyclic amines) is 2. The second-order valence-electron chi connectivity index (χ2n) is 10.6. The first-order valence-corrected chi connectivity index (χ1v) is 14.3. The van der Waals surface area contributed by atoms with E-state index in [1.807, 2.05) is 7.05 Å². The Bertz CT molecular complexity index is 979. The van der Waals surface area contributed by atoms with Crippen molar-refractivity contribution in [3.8, 4) is 5.75 Å². The summed E-state index contributed by atoms with van der Waals surface area (Å²) in [4.78, 5) is 19.6. The lowest BCUT2D eigenvalue weighted by Crippen LogP contribution is -2.37. The quantitative estimate of drug-likeness (QED) is 0.385. The first-order chi connectivity index (χ1) is 17.0. The molecule has 2 fully saturated rings. The third kappa shape index (κ3) is 7.41. The van der Waals surface area contributed by atoms with Crippen molar-refractivity contribution in [2.24, 2.45) is 11.8 Å². The number of likely N-dealkylation sites (N-methyl/N-ethyl adjacent to an activating group) is 2. The normalized spacial score (nSPS) is 21.4. The highest BCUT2D eigenvalue weighted by Gasteiger charge is 2.29. The minimum atomic E-state index is -3.68. The van der Waals surface area contributed by atoms with Crippen LogP contribution < -0.4 is 4.74 Å². The molecule has 2 aliphatic heterocycles. The molecule has 2 atom stereocenters. The van der Waals surface area contributed by atoms with E-state index in [0.29, 0.717) is 22.8 Å². The van der Waals surface area contributed by atoms with Crippen LogP contribution in [0.2, 0.25) is 0 Å². The van der Waals surface area contributed by atoms with Crippen molar-refractivity contribution in [1.82, 2.24) is 19.0 Å². The molecule has 0 aromatic heterocycles. The Kier molecular flexibility index (Phi) is 10.2. The number of nitrogens with zero attached hydrogens (tertiary/aromatic N) is 4. The smallest absolute Gasteiger partial charge is 0.248 e. The van der Waals surface area contributed by atoms with Crippen molar-refractivity contribution in [2.45, 2.75) is 31.6 Å². The van der Waals surface area contributed by atoms with E-state index in [0.717, 1.165) is 38.5 Å². The Hall–Kier alpha value is -1.72. The molecule has 0 radical (unpaired) electrons. The fourth-order valence-corrected chi connectivity index (χ4v) is 6.99.